The van der Waals surface area contributed by atoms with Gasteiger partial charge in [0.05, 0.1) is 13.2 Å². The Kier molecular flexibility index (Phi) is 8.73. The van der Waals surface area contributed by atoms with Crippen molar-refractivity contribution in [3.8, 4) is 16.9 Å². The van der Waals surface area contributed by atoms with Crippen molar-refractivity contribution >= 4 is 11.8 Å². The molecule has 0 radical (unpaired) electrons. The SMILES string of the molecule is CCCOc1ccc(CCCSC#N)cc1OCCC. The Morgan fingerprint density at radius 1 is 1.10 bits per heavy atom. The van der Waals surface area contributed by atoms with Crippen molar-refractivity contribution in [1.29, 1.82) is 5.26 Å². The number of ether oxygens (including phenoxy) is 2. The Morgan fingerprint density at radius 3 is 2.45 bits per heavy atom. The van der Waals surface area contributed by atoms with Crippen molar-refractivity contribution < 1.29 is 9.47 Å². The van der Waals surface area contributed by atoms with Gasteiger partial charge in [-0.1, -0.05) is 19.9 Å². The van der Waals surface area contributed by atoms with Crippen LogP contribution in [0.2, 0.25) is 0 Å². The molecular formula is C16H23NO2S. The zero-order chi connectivity index (χ0) is 14.6. The van der Waals surface area contributed by atoms with Crippen molar-refractivity contribution in [3.63, 3.8) is 0 Å². The van der Waals surface area contributed by atoms with Gasteiger partial charge in [0.25, 0.3) is 0 Å². The Bertz CT molecular complexity index is 429. The second-order valence-corrected chi connectivity index (χ2v) is 5.40. The molecule has 1 rings (SSSR count). The normalized spacial score (nSPS) is 10.1. The summed E-state index contributed by atoms with van der Waals surface area (Å²) < 4.78 is 11.5. The molecule has 0 amide bonds. The highest BCUT2D eigenvalue weighted by Crippen LogP contribution is 2.29. The van der Waals surface area contributed by atoms with Crippen LogP contribution in [0.5, 0.6) is 11.5 Å². The topological polar surface area (TPSA) is 42.2 Å². The molecule has 0 N–H and O–H groups in total. The number of nitriles is 1. The number of thiocyanates is 1. The molecule has 0 aliphatic rings. The molecule has 0 aromatic heterocycles. The third-order valence-corrected chi connectivity index (χ3v) is 3.33. The van der Waals surface area contributed by atoms with Gasteiger partial charge in [-0.15, -0.1) is 0 Å². The van der Waals surface area contributed by atoms with Gasteiger partial charge in [-0.05, 0) is 55.1 Å². The molecule has 1 aromatic rings. The van der Waals surface area contributed by atoms with E-state index in [1.165, 1.54) is 17.3 Å². The zero-order valence-corrected chi connectivity index (χ0v) is 13.2. The number of benzene rings is 1. The average Bonchev–Trinajstić information content (AvgIpc) is 2.48. The third kappa shape index (κ3) is 6.21. The van der Waals surface area contributed by atoms with Gasteiger partial charge >= 0.3 is 0 Å². The Labute approximate surface area is 126 Å². The summed E-state index contributed by atoms with van der Waals surface area (Å²) in [6.45, 7) is 5.60. The molecule has 4 heteroatoms. The van der Waals surface area contributed by atoms with E-state index in [1.54, 1.807) is 0 Å². The van der Waals surface area contributed by atoms with Gasteiger partial charge in [-0.2, -0.15) is 5.26 Å². The number of hydrogen-bond donors (Lipinski definition) is 0. The third-order valence-electron chi connectivity index (χ3n) is 2.71. The van der Waals surface area contributed by atoms with Crippen LogP contribution in [0, 0.1) is 10.7 Å². The fraction of sp³-hybridized carbons (Fsp3) is 0.562. The minimum Gasteiger partial charge on any atom is -0.490 e. The quantitative estimate of drug-likeness (QED) is 0.473. The van der Waals surface area contributed by atoms with Gasteiger partial charge in [0, 0.05) is 5.75 Å². The number of nitrogens with zero attached hydrogens (tertiary/aromatic N) is 1. The van der Waals surface area contributed by atoms with Crippen LogP contribution in [0.15, 0.2) is 18.2 Å². The molecule has 1 aromatic carbocycles. The molecule has 0 fully saturated rings. The molecule has 0 saturated heterocycles. The summed E-state index contributed by atoms with van der Waals surface area (Å²) in [5.74, 6) is 2.54. The van der Waals surface area contributed by atoms with E-state index in [-0.39, 0.29) is 0 Å². The largest absolute Gasteiger partial charge is 0.490 e. The minimum absolute atomic E-state index is 0.705. The van der Waals surface area contributed by atoms with Crippen molar-refractivity contribution in [2.75, 3.05) is 19.0 Å². The fourth-order valence-corrected chi connectivity index (χ4v) is 2.14. The van der Waals surface area contributed by atoms with Crippen LogP contribution in [0.1, 0.15) is 38.7 Å². The van der Waals surface area contributed by atoms with Crippen LogP contribution in [0.3, 0.4) is 0 Å². The molecule has 110 valence electrons. The van der Waals surface area contributed by atoms with Crippen molar-refractivity contribution in [2.24, 2.45) is 0 Å². The highest BCUT2D eigenvalue weighted by Gasteiger charge is 2.06. The minimum atomic E-state index is 0.705. The predicted octanol–water partition coefficient (Wildman–Crippen LogP) is 4.41. The van der Waals surface area contributed by atoms with Crippen LogP contribution in [-0.4, -0.2) is 19.0 Å². The second-order valence-electron chi connectivity index (χ2n) is 4.52. The zero-order valence-electron chi connectivity index (χ0n) is 12.4. The lowest BCUT2D eigenvalue weighted by molar-refractivity contribution is 0.268. The lowest BCUT2D eigenvalue weighted by atomic mass is 10.1. The summed E-state index contributed by atoms with van der Waals surface area (Å²) in [6.07, 6.45) is 3.93. The summed E-state index contributed by atoms with van der Waals surface area (Å²) in [4.78, 5) is 0. The van der Waals surface area contributed by atoms with Crippen LogP contribution >= 0.6 is 11.8 Å². The van der Waals surface area contributed by atoms with Gasteiger partial charge in [0.1, 0.15) is 5.40 Å². The molecule has 0 saturated carbocycles. The van der Waals surface area contributed by atoms with Gasteiger partial charge in [0.2, 0.25) is 0 Å². The maximum atomic E-state index is 8.50. The Hall–Kier alpha value is -1.34. The predicted molar refractivity (Wildman–Crippen MR) is 84.4 cm³/mol. The van der Waals surface area contributed by atoms with E-state index < -0.39 is 0 Å². The van der Waals surface area contributed by atoms with Crippen molar-refractivity contribution in [3.05, 3.63) is 23.8 Å². The molecule has 3 nitrogen and oxygen atoms in total. The lowest BCUT2D eigenvalue weighted by Gasteiger charge is -2.13. The monoisotopic (exact) mass is 293 g/mol. The van der Waals surface area contributed by atoms with Crippen molar-refractivity contribution in [2.45, 2.75) is 39.5 Å². The number of rotatable bonds is 10. The number of hydrogen-bond acceptors (Lipinski definition) is 4. The fourth-order valence-electron chi connectivity index (χ4n) is 1.76. The average molecular weight is 293 g/mol. The smallest absolute Gasteiger partial charge is 0.161 e. The molecule has 0 heterocycles. The molecular weight excluding hydrogens is 270 g/mol. The molecule has 0 aliphatic carbocycles. The van der Waals surface area contributed by atoms with Gasteiger partial charge in [-0.3, -0.25) is 0 Å². The summed E-state index contributed by atoms with van der Waals surface area (Å²) in [6, 6.07) is 6.14. The van der Waals surface area contributed by atoms with Gasteiger partial charge < -0.3 is 9.47 Å². The van der Waals surface area contributed by atoms with E-state index in [0.29, 0.717) is 13.2 Å². The summed E-state index contributed by atoms with van der Waals surface area (Å²) >= 11 is 1.31. The second kappa shape index (κ2) is 10.4. The van der Waals surface area contributed by atoms with E-state index in [9.17, 15) is 0 Å². The molecule has 0 bridgehead atoms. The van der Waals surface area contributed by atoms with E-state index in [4.69, 9.17) is 14.7 Å². The maximum absolute atomic E-state index is 8.50. The van der Waals surface area contributed by atoms with E-state index in [2.05, 4.69) is 31.4 Å². The molecule has 0 atom stereocenters. The van der Waals surface area contributed by atoms with Crippen molar-refractivity contribution in [1.82, 2.24) is 0 Å². The molecule has 20 heavy (non-hydrogen) atoms. The molecule has 0 spiro atoms. The summed E-state index contributed by atoms with van der Waals surface area (Å²) in [5.41, 5.74) is 1.23. The highest BCUT2D eigenvalue weighted by atomic mass is 32.2. The summed E-state index contributed by atoms with van der Waals surface area (Å²) in [5, 5.41) is 10.6. The van der Waals surface area contributed by atoms with Crippen LogP contribution in [0.25, 0.3) is 0 Å². The van der Waals surface area contributed by atoms with E-state index >= 15 is 0 Å². The number of thioether (sulfide) groups is 1. The summed E-state index contributed by atoms with van der Waals surface area (Å²) in [7, 11) is 0. The van der Waals surface area contributed by atoms with E-state index in [0.717, 1.165) is 42.9 Å². The maximum Gasteiger partial charge on any atom is 0.161 e. The standard InChI is InChI=1S/C16H23NO2S/c1-3-9-18-15-8-7-14(6-5-11-20-13-17)12-16(15)19-10-4-2/h7-8,12H,3-6,9-11H2,1-2H3. The first-order chi connectivity index (χ1) is 9.81. The number of aryl methyl sites for hydroxylation is 1. The Balaban J connectivity index is 2.65. The molecule has 0 aliphatic heterocycles. The molecule has 0 unspecified atom stereocenters. The van der Waals surface area contributed by atoms with E-state index in [1.807, 2.05) is 6.07 Å². The highest BCUT2D eigenvalue weighted by molar-refractivity contribution is 8.03. The van der Waals surface area contributed by atoms with Gasteiger partial charge in [0.15, 0.2) is 11.5 Å². The van der Waals surface area contributed by atoms with Crippen LogP contribution in [0.4, 0.5) is 0 Å². The first-order valence-corrected chi connectivity index (χ1v) is 8.19. The first-order valence-electron chi connectivity index (χ1n) is 7.21. The van der Waals surface area contributed by atoms with Crippen LogP contribution < -0.4 is 9.47 Å². The Morgan fingerprint density at radius 2 is 1.80 bits per heavy atom. The first kappa shape index (κ1) is 16.7. The van der Waals surface area contributed by atoms with Gasteiger partial charge in [-0.25, -0.2) is 0 Å². The lowest BCUT2D eigenvalue weighted by Crippen LogP contribution is -2.02. The van der Waals surface area contributed by atoms with Crippen LogP contribution in [-0.2, 0) is 6.42 Å².